The molecule has 2 aromatic heterocycles. The number of aromatic nitrogens is 3. The van der Waals surface area contributed by atoms with Gasteiger partial charge in [-0.1, -0.05) is 0 Å². The number of benzene rings is 2. The van der Waals surface area contributed by atoms with Crippen LogP contribution in [0.1, 0.15) is 5.56 Å². The first kappa shape index (κ1) is 18.5. The maximum Gasteiger partial charge on any atom is 0.419 e. The summed E-state index contributed by atoms with van der Waals surface area (Å²) < 4.78 is 54.4. The van der Waals surface area contributed by atoms with E-state index in [2.05, 4.69) is 15.0 Å². The third kappa shape index (κ3) is 3.08. The number of nitrogens with two attached hydrogens (primary N) is 3. The van der Waals surface area contributed by atoms with Crippen molar-refractivity contribution in [3.63, 3.8) is 0 Å². The van der Waals surface area contributed by atoms with Crippen molar-refractivity contribution in [2.75, 3.05) is 17.2 Å². The van der Waals surface area contributed by atoms with E-state index >= 15 is 0 Å². The molecule has 0 saturated carbocycles. The number of anilines is 3. The molecule has 10 heteroatoms. The van der Waals surface area contributed by atoms with Gasteiger partial charge in [0.25, 0.3) is 0 Å². The van der Waals surface area contributed by atoms with Gasteiger partial charge in [-0.2, -0.15) is 13.2 Å². The highest BCUT2D eigenvalue weighted by molar-refractivity contribution is 5.96. The van der Waals surface area contributed by atoms with Gasteiger partial charge in [-0.05, 0) is 30.3 Å². The molecule has 6 nitrogen and oxygen atoms in total. The molecule has 0 unspecified atom stereocenters. The Labute approximate surface area is 161 Å². The van der Waals surface area contributed by atoms with Crippen LogP contribution in [0.15, 0.2) is 42.7 Å². The molecule has 0 fully saturated rings. The lowest BCUT2D eigenvalue weighted by molar-refractivity contribution is -0.137. The minimum Gasteiger partial charge on any atom is -0.398 e. The Morgan fingerprint density at radius 1 is 0.966 bits per heavy atom. The molecule has 4 rings (SSSR count). The second-order valence-corrected chi connectivity index (χ2v) is 6.38. The van der Waals surface area contributed by atoms with Gasteiger partial charge in [0.15, 0.2) is 5.82 Å². The quantitative estimate of drug-likeness (QED) is 0.296. The van der Waals surface area contributed by atoms with E-state index in [0.29, 0.717) is 17.1 Å². The molecule has 2 heterocycles. The monoisotopic (exact) mass is 402 g/mol. The van der Waals surface area contributed by atoms with Gasteiger partial charge in [0.05, 0.1) is 22.6 Å². The Hall–Kier alpha value is -3.82. The van der Waals surface area contributed by atoms with Gasteiger partial charge in [-0.3, -0.25) is 0 Å². The van der Waals surface area contributed by atoms with Gasteiger partial charge >= 0.3 is 6.18 Å². The van der Waals surface area contributed by atoms with E-state index in [1.807, 2.05) is 0 Å². The Bertz CT molecular complexity index is 1250. The molecule has 4 aromatic rings. The van der Waals surface area contributed by atoms with Crippen LogP contribution in [-0.4, -0.2) is 15.0 Å². The number of nitrogens with zero attached hydrogens (tertiary/aromatic N) is 2. The zero-order chi connectivity index (χ0) is 20.9. The van der Waals surface area contributed by atoms with Crippen molar-refractivity contribution in [3.8, 4) is 22.6 Å². The lowest BCUT2D eigenvalue weighted by atomic mass is 10.0. The Balaban J connectivity index is 2.02. The highest BCUT2D eigenvalue weighted by atomic mass is 19.4. The topological polar surface area (TPSA) is 120 Å². The highest BCUT2D eigenvalue weighted by Gasteiger charge is 2.36. The van der Waals surface area contributed by atoms with Crippen molar-refractivity contribution in [1.82, 2.24) is 15.0 Å². The molecule has 0 radical (unpaired) electrons. The number of halogens is 4. The molecule has 0 bridgehead atoms. The van der Waals surface area contributed by atoms with Crippen molar-refractivity contribution in [3.05, 3.63) is 54.1 Å². The Morgan fingerprint density at radius 2 is 1.69 bits per heavy atom. The Kier molecular flexibility index (Phi) is 4.07. The lowest BCUT2D eigenvalue weighted by Crippen LogP contribution is -2.11. The molecular formula is C19H14F4N6. The van der Waals surface area contributed by atoms with Crippen LogP contribution in [0.2, 0.25) is 0 Å². The van der Waals surface area contributed by atoms with E-state index in [1.165, 1.54) is 30.5 Å². The maximum absolute atomic E-state index is 13.6. The molecule has 148 valence electrons. The normalized spacial score (nSPS) is 11.9. The number of H-pyrrole nitrogens is 1. The minimum absolute atomic E-state index is 0.0664. The molecular weight excluding hydrogens is 388 g/mol. The number of rotatable bonds is 2. The number of hydrogen-bond acceptors (Lipinski definition) is 5. The van der Waals surface area contributed by atoms with Crippen molar-refractivity contribution in [1.29, 1.82) is 0 Å². The SMILES string of the molecule is Nc1ccc(N)c(-c2ncc(C(F)(F)F)c(-c3c[nH]c4cc(F)ccc34)n2)c1N. The van der Waals surface area contributed by atoms with Crippen molar-refractivity contribution in [2.45, 2.75) is 6.18 Å². The third-order valence-electron chi connectivity index (χ3n) is 4.53. The molecule has 0 aliphatic carbocycles. The smallest absolute Gasteiger partial charge is 0.398 e. The van der Waals surface area contributed by atoms with Crippen LogP contribution in [0.5, 0.6) is 0 Å². The van der Waals surface area contributed by atoms with Crippen LogP contribution < -0.4 is 17.2 Å². The largest absolute Gasteiger partial charge is 0.419 e. The highest BCUT2D eigenvalue weighted by Crippen LogP contribution is 2.41. The fraction of sp³-hybridized carbons (Fsp3) is 0.0526. The Morgan fingerprint density at radius 3 is 2.41 bits per heavy atom. The molecule has 0 saturated heterocycles. The number of alkyl halides is 3. The van der Waals surface area contributed by atoms with E-state index in [-0.39, 0.29) is 39.7 Å². The summed E-state index contributed by atoms with van der Waals surface area (Å²) in [5.41, 5.74) is 17.3. The van der Waals surface area contributed by atoms with Crippen molar-refractivity contribution >= 4 is 28.0 Å². The number of fused-ring (bicyclic) bond motifs is 1. The fourth-order valence-electron chi connectivity index (χ4n) is 3.11. The van der Waals surface area contributed by atoms with E-state index in [9.17, 15) is 17.6 Å². The first-order chi connectivity index (χ1) is 13.7. The predicted octanol–water partition coefficient (Wildman–Crippen LogP) is 4.20. The van der Waals surface area contributed by atoms with Gasteiger partial charge in [0.2, 0.25) is 0 Å². The summed E-state index contributed by atoms with van der Waals surface area (Å²) in [4.78, 5) is 10.7. The first-order valence-electron chi connectivity index (χ1n) is 8.32. The predicted molar refractivity (Wildman–Crippen MR) is 103 cm³/mol. The standard InChI is InChI=1S/C19H14F4N6/c20-8-1-2-9-10(6-27-14(9)5-8)17-11(19(21,22)23)7-28-18(29-17)15-12(24)3-4-13(25)16(15)26/h1-7,27H,24-26H2. The zero-order valence-corrected chi connectivity index (χ0v) is 14.7. The van der Waals surface area contributed by atoms with Gasteiger partial charge in [-0.25, -0.2) is 14.4 Å². The molecule has 7 N–H and O–H groups in total. The third-order valence-corrected chi connectivity index (χ3v) is 4.53. The fourth-order valence-corrected chi connectivity index (χ4v) is 3.11. The van der Waals surface area contributed by atoms with Crippen LogP contribution in [-0.2, 0) is 6.18 Å². The van der Waals surface area contributed by atoms with Crippen LogP contribution in [0.4, 0.5) is 34.6 Å². The molecule has 0 spiro atoms. The van der Waals surface area contributed by atoms with Gasteiger partial charge in [0.1, 0.15) is 11.4 Å². The van der Waals surface area contributed by atoms with Crippen molar-refractivity contribution < 1.29 is 17.6 Å². The van der Waals surface area contributed by atoms with Gasteiger partial charge in [0, 0.05) is 34.5 Å². The van der Waals surface area contributed by atoms with Gasteiger partial charge in [-0.15, -0.1) is 0 Å². The zero-order valence-electron chi connectivity index (χ0n) is 14.7. The van der Waals surface area contributed by atoms with Crippen LogP contribution in [0, 0.1) is 5.82 Å². The van der Waals surface area contributed by atoms with Crippen LogP contribution in [0.3, 0.4) is 0 Å². The number of aromatic amines is 1. The average molecular weight is 402 g/mol. The summed E-state index contributed by atoms with van der Waals surface area (Å²) in [6, 6.07) is 6.66. The maximum atomic E-state index is 13.6. The summed E-state index contributed by atoms with van der Waals surface area (Å²) in [6.07, 6.45) is -2.72. The molecule has 0 atom stereocenters. The van der Waals surface area contributed by atoms with E-state index in [4.69, 9.17) is 17.2 Å². The lowest BCUT2D eigenvalue weighted by Gasteiger charge is -2.15. The number of hydrogen-bond donors (Lipinski definition) is 4. The van der Waals surface area contributed by atoms with Crippen LogP contribution >= 0.6 is 0 Å². The second kappa shape index (κ2) is 6.36. The molecule has 29 heavy (non-hydrogen) atoms. The molecule has 2 aromatic carbocycles. The summed E-state index contributed by atoms with van der Waals surface area (Å²) in [5, 5.41) is 0.370. The van der Waals surface area contributed by atoms with Crippen molar-refractivity contribution in [2.24, 2.45) is 0 Å². The van der Waals surface area contributed by atoms with Gasteiger partial charge < -0.3 is 22.2 Å². The van der Waals surface area contributed by atoms with E-state index < -0.39 is 17.6 Å². The first-order valence-corrected chi connectivity index (χ1v) is 8.32. The summed E-state index contributed by atoms with van der Waals surface area (Å²) in [6.45, 7) is 0. The molecule has 0 aliphatic heterocycles. The summed E-state index contributed by atoms with van der Waals surface area (Å²) in [5.74, 6) is -0.627. The average Bonchev–Trinajstić information content (AvgIpc) is 3.07. The minimum atomic E-state index is -4.72. The number of nitrogens with one attached hydrogen (secondary N) is 1. The molecule has 0 amide bonds. The summed E-state index contributed by atoms with van der Waals surface area (Å²) >= 11 is 0. The molecule has 0 aliphatic rings. The van der Waals surface area contributed by atoms with Crippen LogP contribution in [0.25, 0.3) is 33.5 Å². The van der Waals surface area contributed by atoms with E-state index in [0.717, 1.165) is 6.07 Å². The number of nitrogen functional groups attached to an aromatic ring is 3. The summed E-state index contributed by atoms with van der Waals surface area (Å²) in [7, 11) is 0. The van der Waals surface area contributed by atoms with E-state index in [1.54, 1.807) is 0 Å². The second-order valence-electron chi connectivity index (χ2n) is 6.38.